The summed E-state index contributed by atoms with van der Waals surface area (Å²) >= 11 is 0. The molecule has 2 aromatic rings. The number of ether oxygens (including phenoxy) is 1. The SMILES string of the molecule is CCNC(=NCc1ccc(S(=O)(=O)NC)cc1)N1CCOC(c2cnn(C)c2)C1.I. The summed E-state index contributed by atoms with van der Waals surface area (Å²) in [5, 5.41) is 7.57. The molecule has 2 N–H and O–H groups in total. The summed E-state index contributed by atoms with van der Waals surface area (Å²) in [6, 6.07) is 6.76. The number of nitrogens with one attached hydrogen (secondary N) is 2. The molecule has 0 radical (unpaired) electrons. The molecule has 1 aromatic heterocycles. The molecule has 166 valence electrons. The second-order valence-electron chi connectivity index (χ2n) is 6.77. The Hall–Kier alpha value is -1.70. The van der Waals surface area contributed by atoms with Crippen LogP contribution in [0.5, 0.6) is 0 Å². The molecule has 1 fully saturated rings. The van der Waals surface area contributed by atoms with Crippen LogP contribution in [0, 0.1) is 0 Å². The first kappa shape index (κ1) is 24.6. The van der Waals surface area contributed by atoms with Gasteiger partial charge in [0.15, 0.2) is 5.96 Å². The maximum absolute atomic E-state index is 11.8. The molecule has 1 atom stereocenters. The number of sulfonamides is 1. The quantitative estimate of drug-likeness (QED) is 0.323. The molecule has 1 aliphatic heterocycles. The Bertz CT molecular complexity index is 945. The fraction of sp³-hybridized carbons (Fsp3) is 0.474. The number of rotatable bonds is 6. The van der Waals surface area contributed by atoms with Gasteiger partial charge in [-0.1, -0.05) is 12.1 Å². The highest BCUT2D eigenvalue weighted by Gasteiger charge is 2.25. The van der Waals surface area contributed by atoms with E-state index in [1.807, 2.05) is 26.4 Å². The van der Waals surface area contributed by atoms with Gasteiger partial charge in [-0.2, -0.15) is 5.10 Å². The molecule has 30 heavy (non-hydrogen) atoms. The smallest absolute Gasteiger partial charge is 0.240 e. The number of morpholine rings is 1. The molecule has 9 nitrogen and oxygen atoms in total. The molecule has 0 aliphatic carbocycles. The molecule has 3 rings (SSSR count). The molecule has 0 amide bonds. The highest BCUT2D eigenvalue weighted by atomic mass is 127. The van der Waals surface area contributed by atoms with E-state index in [1.54, 1.807) is 28.9 Å². The van der Waals surface area contributed by atoms with Crippen molar-refractivity contribution in [3.8, 4) is 0 Å². The van der Waals surface area contributed by atoms with E-state index < -0.39 is 10.0 Å². The third kappa shape index (κ3) is 6.15. The van der Waals surface area contributed by atoms with Gasteiger partial charge in [-0.05, 0) is 31.7 Å². The van der Waals surface area contributed by atoms with E-state index >= 15 is 0 Å². The van der Waals surface area contributed by atoms with Crippen molar-refractivity contribution >= 4 is 40.0 Å². The van der Waals surface area contributed by atoms with Crippen LogP contribution in [-0.2, 0) is 28.4 Å². The van der Waals surface area contributed by atoms with E-state index in [0.29, 0.717) is 19.7 Å². The van der Waals surface area contributed by atoms with E-state index in [0.717, 1.165) is 30.2 Å². The third-order valence-corrected chi connectivity index (χ3v) is 6.14. The van der Waals surface area contributed by atoms with Crippen LogP contribution in [0.1, 0.15) is 24.2 Å². The number of nitrogens with zero attached hydrogens (tertiary/aromatic N) is 4. The van der Waals surface area contributed by atoms with E-state index in [-0.39, 0.29) is 35.0 Å². The van der Waals surface area contributed by atoms with Crippen molar-refractivity contribution in [2.45, 2.75) is 24.5 Å². The van der Waals surface area contributed by atoms with Crippen LogP contribution in [0.15, 0.2) is 46.5 Å². The summed E-state index contributed by atoms with van der Waals surface area (Å²) in [6.45, 7) is 5.30. The summed E-state index contributed by atoms with van der Waals surface area (Å²) in [6.07, 6.45) is 3.75. The van der Waals surface area contributed by atoms with Gasteiger partial charge in [-0.25, -0.2) is 18.1 Å². The summed E-state index contributed by atoms with van der Waals surface area (Å²) in [4.78, 5) is 7.17. The average molecular weight is 548 g/mol. The second kappa shape index (κ2) is 11.1. The van der Waals surface area contributed by atoms with Gasteiger partial charge in [0.1, 0.15) is 6.10 Å². The predicted octanol–water partition coefficient (Wildman–Crippen LogP) is 1.49. The standard InChI is InChI=1S/C19H28N6O3S.HI/c1-4-21-19(22-11-15-5-7-17(8-6-15)29(26,27)20-2)25-9-10-28-18(14-25)16-12-23-24(3)13-16;/h5-8,12-13,18,20H,4,9-11,14H2,1-3H3,(H,21,22);1H. The zero-order valence-electron chi connectivity index (χ0n) is 17.4. The zero-order valence-corrected chi connectivity index (χ0v) is 20.6. The molecular weight excluding hydrogens is 519 g/mol. The first-order valence-corrected chi connectivity index (χ1v) is 11.1. The predicted molar refractivity (Wildman–Crippen MR) is 126 cm³/mol. The number of aliphatic imine (C=N–C) groups is 1. The lowest BCUT2D eigenvalue weighted by atomic mass is 10.1. The maximum atomic E-state index is 11.8. The Labute approximate surface area is 195 Å². The summed E-state index contributed by atoms with van der Waals surface area (Å²) in [7, 11) is -0.138. The number of benzene rings is 1. The summed E-state index contributed by atoms with van der Waals surface area (Å²) < 4.78 is 33.7. The van der Waals surface area contributed by atoms with Crippen molar-refractivity contribution in [3.63, 3.8) is 0 Å². The second-order valence-corrected chi connectivity index (χ2v) is 8.66. The van der Waals surface area contributed by atoms with Crippen LogP contribution >= 0.6 is 24.0 Å². The van der Waals surface area contributed by atoms with Gasteiger partial charge in [-0.15, -0.1) is 24.0 Å². The highest BCUT2D eigenvalue weighted by Crippen LogP contribution is 2.21. The lowest BCUT2D eigenvalue weighted by molar-refractivity contribution is -0.00805. The van der Waals surface area contributed by atoms with Gasteiger partial charge in [0.2, 0.25) is 10.0 Å². The molecule has 0 spiro atoms. The van der Waals surface area contributed by atoms with Crippen molar-refractivity contribution < 1.29 is 13.2 Å². The van der Waals surface area contributed by atoms with Gasteiger partial charge in [0.05, 0.1) is 30.8 Å². The lowest BCUT2D eigenvalue weighted by Crippen LogP contribution is -2.48. The first-order chi connectivity index (χ1) is 13.9. The molecule has 11 heteroatoms. The van der Waals surface area contributed by atoms with Crippen molar-refractivity contribution in [2.24, 2.45) is 12.0 Å². The molecule has 1 aromatic carbocycles. The average Bonchev–Trinajstić information content (AvgIpc) is 3.18. The number of halogens is 1. The summed E-state index contributed by atoms with van der Waals surface area (Å²) in [5.74, 6) is 0.816. The highest BCUT2D eigenvalue weighted by molar-refractivity contribution is 14.0. The Kier molecular flexibility index (Phi) is 9.07. The van der Waals surface area contributed by atoms with Crippen LogP contribution in [0.25, 0.3) is 0 Å². The monoisotopic (exact) mass is 548 g/mol. The number of aromatic nitrogens is 2. The normalized spacial score (nSPS) is 17.5. The van der Waals surface area contributed by atoms with Crippen LogP contribution in [0.2, 0.25) is 0 Å². The van der Waals surface area contributed by atoms with Crippen molar-refractivity contribution in [1.29, 1.82) is 0 Å². The van der Waals surface area contributed by atoms with Gasteiger partial charge in [0, 0.05) is 31.9 Å². The Morgan fingerprint density at radius 2 is 2.07 bits per heavy atom. The van der Waals surface area contributed by atoms with Crippen molar-refractivity contribution in [3.05, 3.63) is 47.8 Å². The first-order valence-electron chi connectivity index (χ1n) is 9.59. The molecular formula is C19H29IN6O3S. The minimum absolute atomic E-state index is 0. The minimum Gasteiger partial charge on any atom is -0.370 e. The zero-order chi connectivity index (χ0) is 20.9. The molecule has 1 saturated heterocycles. The largest absolute Gasteiger partial charge is 0.370 e. The molecule has 0 saturated carbocycles. The van der Waals surface area contributed by atoms with E-state index in [9.17, 15) is 8.42 Å². The Morgan fingerprint density at radius 1 is 1.33 bits per heavy atom. The van der Waals surface area contributed by atoms with Crippen LogP contribution in [0.3, 0.4) is 0 Å². The fourth-order valence-electron chi connectivity index (χ4n) is 3.13. The van der Waals surface area contributed by atoms with Gasteiger partial charge in [-0.3, -0.25) is 4.68 Å². The van der Waals surface area contributed by atoms with Crippen molar-refractivity contribution in [1.82, 2.24) is 24.7 Å². The minimum atomic E-state index is -3.43. The summed E-state index contributed by atoms with van der Waals surface area (Å²) in [5.41, 5.74) is 1.99. The molecule has 2 heterocycles. The van der Waals surface area contributed by atoms with Crippen molar-refractivity contribution in [2.75, 3.05) is 33.3 Å². The fourth-order valence-corrected chi connectivity index (χ4v) is 3.86. The van der Waals surface area contributed by atoms with Crippen LogP contribution < -0.4 is 10.0 Å². The van der Waals surface area contributed by atoms with E-state index in [4.69, 9.17) is 9.73 Å². The van der Waals surface area contributed by atoms with Gasteiger partial charge >= 0.3 is 0 Å². The van der Waals surface area contributed by atoms with E-state index in [1.165, 1.54) is 7.05 Å². The Morgan fingerprint density at radius 3 is 2.67 bits per heavy atom. The number of hydrogen-bond donors (Lipinski definition) is 2. The number of guanidine groups is 1. The van der Waals surface area contributed by atoms with Crippen LogP contribution in [-0.4, -0.2) is 62.3 Å². The topological polar surface area (TPSA) is 101 Å². The van der Waals surface area contributed by atoms with E-state index in [2.05, 4.69) is 20.0 Å². The van der Waals surface area contributed by atoms with Gasteiger partial charge < -0.3 is 15.0 Å². The lowest BCUT2D eigenvalue weighted by Gasteiger charge is -2.34. The number of aryl methyl sites for hydroxylation is 1. The Balaban J connectivity index is 0.00000320. The molecule has 0 bridgehead atoms. The molecule has 1 aliphatic rings. The van der Waals surface area contributed by atoms with Crippen LogP contribution in [0.4, 0.5) is 0 Å². The number of hydrogen-bond acceptors (Lipinski definition) is 5. The maximum Gasteiger partial charge on any atom is 0.240 e. The van der Waals surface area contributed by atoms with Gasteiger partial charge in [0.25, 0.3) is 0 Å². The third-order valence-electron chi connectivity index (χ3n) is 4.71. The molecule has 1 unspecified atom stereocenters.